The molecule has 4 N–H and O–H groups in total. The van der Waals surface area contributed by atoms with Gasteiger partial charge in [-0.25, -0.2) is 19.4 Å². The largest absolute Gasteiger partial charge is 0.383 e. The molecule has 1 aliphatic heterocycles. The van der Waals surface area contributed by atoms with Crippen LogP contribution in [0, 0.1) is 18.2 Å². The molecule has 1 aromatic carbocycles. The summed E-state index contributed by atoms with van der Waals surface area (Å²) in [6, 6.07) is 2.87. The molecule has 0 unspecified atom stereocenters. The molecule has 3 rings (SSSR count). The first-order valence-electron chi connectivity index (χ1n) is 7.42. The van der Waals surface area contributed by atoms with Gasteiger partial charge in [0.25, 0.3) is 0 Å². The molecular formula is C16H16FN7O. The molecule has 1 amide bonds. The van der Waals surface area contributed by atoms with Gasteiger partial charge in [-0.05, 0) is 24.6 Å². The van der Waals surface area contributed by atoms with Gasteiger partial charge in [0.15, 0.2) is 11.6 Å². The van der Waals surface area contributed by atoms with Crippen LogP contribution < -0.4 is 16.0 Å². The molecule has 2 heterocycles. The van der Waals surface area contributed by atoms with Crippen molar-refractivity contribution in [3.63, 3.8) is 0 Å². The number of amidine groups is 1. The Balaban J connectivity index is 2.07. The fourth-order valence-electron chi connectivity index (χ4n) is 2.62. The van der Waals surface area contributed by atoms with Crippen molar-refractivity contribution in [3.8, 4) is 11.3 Å². The molecule has 128 valence electrons. The molecule has 2 aromatic rings. The Kier molecular flexibility index (Phi) is 4.14. The summed E-state index contributed by atoms with van der Waals surface area (Å²) in [5.74, 6) is 0.0982. The number of nitrogens with one attached hydrogen (secondary N) is 2. The first kappa shape index (κ1) is 16.5. The topological polar surface area (TPSA) is 120 Å². The minimum absolute atomic E-state index is 0.0684. The zero-order chi connectivity index (χ0) is 18.1. The molecule has 1 aromatic heterocycles. The molecule has 1 aliphatic rings. The van der Waals surface area contributed by atoms with Gasteiger partial charge in [-0.1, -0.05) is 0 Å². The van der Waals surface area contributed by atoms with Crippen LogP contribution in [0.3, 0.4) is 0 Å². The Morgan fingerprint density at radius 3 is 3.00 bits per heavy atom. The highest BCUT2D eigenvalue weighted by Crippen LogP contribution is 2.30. The zero-order valence-electron chi connectivity index (χ0n) is 13.7. The highest BCUT2D eigenvalue weighted by atomic mass is 19.1. The number of likely N-dealkylation sites (N-methyl/N-ethyl adjacent to an activating group) is 1. The van der Waals surface area contributed by atoms with Crippen molar-refractivity contribution in [2.24, 2.45) is 10.7 Å². The van der Waals surface area contributed by atoms with E-state index in [1.807, 2.05) is 0 Å². The molecule has 0 radical (unpaired) electrons. The monoisotopic (exact) mass is 341 g/mol. The van der Waals surface area contributed by atoms with Gasteiger partial charge in [-0.2, -0.15) is 0 Å². The predicted molar refractivity (Wildman–Crippen MR) is 93.6 cm³/mol. The van der Waals surface area contributed by atoms with E-state index in [1.165, 1.54) is 12.3 Å². The van der Waals surface area contributed by atoms with Crippen LogP contribution in [0.2, 0.25) is 0 Å². The number of nitrogens with zero attached hydrogens (tertiary/aromatic N) is 4. The van der Waals surface area contributed by atoms with Gasteiger partial charge in [-0.15, -0.1) is 0 Å². The molecule has 0 saturated heterocycles. The third kappa shape index (κ3) is 3.03. The maximum Gasteiger partial charge on any atom is 0.245 e. The van der Waals surface area contributed by atoms with Crippen LogP contribution in [-0.2, 0) is 4.79 Å². The molecule has 25 heavy (non-hydrogen) atoms. The summed E-state index contributed by atoms with van der Waals surface area (Å²) in [7, 11) is 1.74. The number of aryl methyl sites for hydroxylation is 1. The number of rotatable bonds is 3. The van der Waals surface area contributed by atoms with E-state index in [-0.39, 0.29) is 23.9 Å². The number of benzene rings is 1. The summed E-state index contributed by atoms with van der Waals surface area (Å²) in [5.41, 5.74) is 7.57. The lowest BCUT2D eigenvalue weighted by Gasteiger charge is -2.25. The summed E-state index contributed by atoms with van der Waals surface area (Å²) in [6.07, 6.45) is 2.24. The minimum atomic E-state index is -0.565. The Morgan fingerprint density at radius 2 is 2.28 bits per heavy atom. The number of hydrogen-bond acceptors (Lipinski definition) is 5. The number of hydrogen-bond donors (Lipinski definition) is 3. The van der Waals surface area contributed by atoms with Gasteiger partial charge in [0.1, 0.15) is 18.0 Å². The second kappa shape index (κ2) is 6.27. The first-order valence-corrected chi connectivity index (χ1v) is 7.42. The lowest BCUT2D eigenvalue weighted by atomic mass is 10.0. The number of carbonyl (C=O) groups excluding carboxylic acids is 1. The summed E-state index contributed by atoms with van der Waals surface area (Å²) < 4.78 is 14.4. The average molecular weight is 341 g/mol. The van der Waals surface area contributed by atoms with Gasteiger partial charge in [0.2, 0.25) is 5.91 Å². The smallest absolute Gasteiger partial charge is 0.245 e. The van der Waals surface area contributed by atoms with Crippen LogP contribution >= 0.6 is 0 Å². The van der Waals surface area contributed by atoms with Crippen molar-refractivity contribution in [2.75, 3.05) is 23.8 Å². The number of aliphatic imine (C=N–C) groups is 1. The van der Waals surface area contributed by atoms with E-state index < -0.39 is 5.82 Å². The molecule has 8 nitrogen and oxygen atoms in total. The first-order chi connectivity index (χ1) is 11.9. The second-order valence-electron chi connectivity index (χ2n) is 5.62. The number of halogens is 1. The summed E-state index contributed by atoms with van der Waals surface area (Å²) in [6.45, 7) is 1.97. The summed E-state index contributed by atoms with van der Waals surface area (Å²) in [4.78, 5) is 25.5. The third-order valence-corrected chi connectivity index (χ3v) is 3.82. The van der Waals surface area contributed by atoms with Gasteiger partial charge in [0, 0.05) is 12.6 Å². The number of nitrogens with two attached hydrogens (primary N) is 1. The SMILES string of the molecule is Cc1cc(C(N)=NC=N)c(F)cc1-c1cnc2c(n1)N(C)CC(=O)N2. The Morgan fingerprint density at radius 1 is 1.52 bits per heavy atom. The van der Waals surface area contributed by atoms with Crippen molar-refractivity contribution in [1.29, 1.82) is 5.41 Å². The Bertz CT molecular complexity index is 910. The van der Waals surface area contributed by atoms with E-state index in [9.17, 15) is 9.18 Å². The molecule has 0 saturated carbocycles. The van der Waals surface area contributed by atoms with E-state index in [2.05, 4.69) is 20.3 Å². The van der Waals surface area contributed by atoms with Crippen molar-refractivity contribution in [2.45, 2.75) is 6.92 Å². The fourth-order valence-corrected chi connectivity index (χ4v) is 2.62. The lowest BCUT2D eigenvalue weighted by Crippen LogP contribution is -2.36. The van der Waals surface area contributed by atoms with Crippen LogP contribution in [-0.4, -0.2) is 41.6 Å². The number of amides is 1. The fraction of sp³-hybridized carbons (Fsp3) is 0.188. The van der Waals surface area contributed by atoms with E-state index in [0.717, 1.165) is 11.9 Å². The van der Waals surface area contributed by atoms with Gasteiger partial charge in [-0.3, -0.25) is 10.2 Å². The van der Waals surface area contributed by atoms with Gasteiger partial charge < -0.3 is 16.0 Å². The lowest BCUT2D eigenvalue weighted by molar-refractivity contribution is -0.115. The van der Waals surface area contributed by atoms with Crippen LogP contribution in [0.4, 0.5) is 16.0 Å². The molecule has 0 aliphatic carbocycles. The maximum atomic E-state index is 14.4. The summed E-state index contributed by atoms with van der Waals surface area (Å²) in [5, 5.41) is 9.59. The summed E-state index contributed by atoms with van der Waals surface area (Å²) >= 11 is 0. The van der Waals surface area contributed by atoms with E-state index in [1.54, 1.807) is 24.9 Å². The van der Waals surface area contributed by atoms with Gasteiger partial charge in [0.05, 0.1) is 24.0 Å². The second-order valence-corrected chi connectivity index (χ2v) is 5.62. The average Bonchev–Trinajstić information content (AvgIpc) is 2.56. The normalized spacial score (nSPS) is 14.1. The van der Waals surface area contributed by atoms with E-state index in [0.29, 0.717) is 22.9 Å². The van der Waals surface area contributed by atoms with Crippen LogP contribution in [0.15, 0.2) is 23.3 Å². The molecule has 9 heteroatoms. The number of anilines is 2. The van der Waals surface area contributed by atoms with E-state index >= 15 is 0 Å². The van der Waals surface area contributed by atoms with E-state index in [4.69, 9.17) is 11.1 Å². The molecule has 0 spiro atoms. The van der Waals surface area contributed by atoms with Crippen LogP contribution in [0.1, 0.15) is 11.1 Å². The van der Waals surface area contributed by atoms with Crippen LogP contribution in [0.5, 0.6) is 0 Å². The highest BCUT2D eigenvalue weighted by molar-refractivity contribution is 6.02. The van der Waals surface area contributed by atoms with Gasteiger partial charge >= 0.3 is 0 Å². The molecule has 0 atom stereocenters. The Labute approximate surface area is 143 Å². The van der Waals surface area contributed by atoms with Crippen molar-refractivity contribution in [3.05, 3.63) is 35.3 Å². The standard InChI is InChI=1S/C16H16FN7O/c1-8-3-10(14(19)21-7-18)11(17)4-9(8)12-5-20-15-16(22-12)24(2)6-13(25)23-15/h3-5,7H,6H2,1-2H3,(H3,18,19,21)(H,20,23,25). The maximum absolute atomic E-state index is 14.4. The van der Waals surface area contributed by atoms with Crippen molar-refractivity contribution < 1.29 is 9.18 Å². The Hall–Kier alpha value is -3.36. The third-order valence-electron chi connectivity index (χ3n) is 3.82. The minimum Gasteiger partial charge on any atom is -0.383 e. The molecular weight excluding hydrogens is 325 g/mol. The van der Waals surface area contributed by atoms with Crippen molar-refractivity contribution >= 4 is 29.7 Å². The highest BCUT2D eigenvalue weighted by Gasteiger charge is 2.23. The molecule has 0 fully saturated rings. The molecule has 0 bridgehead atoms. The number of carbonyl (C=O) groups is 1. The zero-order valence-corrected chi connectivity index (χ0v) is 13.7. The predicted octanol–water partition coefficient (Wildman–Crippen LogP) is 1.29. The quantitative estimate of drug-likeness (QED) is 0.574. The van der Waals surface area contributed by atoms with Crippen molar-refractivity contribution in [1.82, 2.24) is 9.97 Å². The number of fused-ring (bicyclic) bond motifs is 1. The van der Waals surface area contributed by atoms with Crippen LogP contribution in [0.25, 0.3) is 11.3 Å². The number of aromatic nitrogens is 2.